The van der Waals surface area contributed by atoms with Crippen molar-refractivity contribution in [2.24, 2.45) is 5.92 Å². The monoisotopic (exact) mass is 405 g/mol. The number of nitrogens with zero attached hydrogens (tertiary/aromatic N) is 1. The smallest absolute Gasteiger partial charge is 0.239 e. The molecule has 0 aliphatic carbocycles. The molecule has 1 aromatic heterocycles. The number of carbonyl (C=O) groups is 2. The van der Waals surface area contributed by atoms with Gasteiger partial charge in [-0.15, -0.1) is 11.3 Å². The largest absolute Gasteiger partial charge is 0.468 e. The summed E-state index contributed by atoms with van der Waals surface area (Å²) in [7, 11) is 0. The third-order valence-electron chi connectivity index (χ3n) is 5.42. The van der Waals surface area contributed by atoms with Crippen LogP contribution in [0.25, 0.3) is 11.3 Å². The van der Waals surface area contributed by atoms with Gasteiger partial charge in [0.05, 0.1) is 5.69 Å². The average molecular weight is 405 g/mol. The number of rotatable bonds is 3. The molecule has 29 heavy (non-hydrogen) atoms. The lowest BCUT2D eigenvalue weighted by Crippen LogP contribution is -2.62. The first-order chi connectivity index (χ1) is 14.0. The van der Waals surface area contributed by atoms with Crippen LogP contribution in [0.15, 0.2) is 60.0 Å². The Morgan fingerprint density at radius 3 is 2.79 bits per heavy atom. The molecule has 2 aliphatic heterocycles. The Bertz CT molecular complexity index is 1100. The predicted octanol–water partition coefficient (Wildman–Crippen LogP) is 3.78. The fraction of sp³-hybridized carbons (Fsp3) is 0.227. The van der Waals surface area contributed by atoms with Gasteiger partial charge in [0.1, 0.15) is 11.7 Å². The van der Waals surface area contributed by atoms with Crippen LogP contribution in [0, 0.1) is 5.92 Å². The lowest BCUT2D eigenvalue weighted by atomic mass is 9.74. The molecule has 1 saturated heterocycles. The van der Waals surface area contributed by atoms with Crippen LogP contribution in [-0.4, -0.2) is 22.5 Å². The summed E-state index contributed by atoms with van der Waals surface area (Å²) in [6, 6.07) is 17.4. The Morgan fingerprint density at radius 2 is 1.97 bits per heavy atom. The molecule has 5 rings (SSSR count). The summed E-state index contributed by atoms with van der Waals surface area (Å²) in [4.78, 5) is 30.4. The van der Waals surface area contributed by atoms with E-state index in [-0.39, 0.29) is 17.7 Å². The molecule has 0 saturated carbocycles. The summed E-state index contributed by atoms with van der Waals surface area (Å²) in [6.45, 7) is 1.84. The number of benzene rings is 2. The van der Waals surface area contributed by atoms with E-state index in [2.05, 4.69) is 15.6 Å². The maximum absolute atomic E-state index is 13.1. The highest BCUT2D eigenvalue weighted by Crippen LogP contribution is 2.46. The minimum Gasteiger partial charge on any atom is -0.468 e. The molecular weight excluding hydrogens is 386 g/mol. The summed E-state index contributed by atoms with van der Waals surface area (Å²) in [6.07, 6.45) is 0.543. The standard InChI is InChI=1S/C22H19N3O3S/c1-22-11-15(14-9-5-6-10-17(14)28-22)18(20(27)25-22)19(26)24-21-23-16(12-29-21)13-7-3-2-4-8-13/h2-10,12,15,18H,11H2,1H3,(H,25,27)(H,23,24,26)/t15-,18+,22-/m0/s1. The third kappa shape index (κ3) is 3.17. The van der Waals surface area contributed by atoms with Gasteiger partial charge in [-0.05, 0) is 18.6 Å². The first-order valence-corrected chi connectivity index (χ1v) is 10.3. The predicted molar refractivity (Wildman–Crippen MR) is 111 cm³/mol. The molecule has 2 aromatic carbocycles. The van der Waals surface area contributed by atoms with Gasteiger partial charge in [0.15, 0.2) is 10.9 Å². The van der Waals surface area contributed by atoms with Crippen molar-refractivity contribution in [2.75, 3.05) is 5.32 Å². The highest BCUT2D eigenvalue weighted by Gasteiger charge is 2.51. The van der Waals surface area contributed by atoms with Crippen LogP contribution in [0.5, 0.6) is 5.75 Å². The van der Waals surface area contributed by atoms with Crippen molar-refractivity contribution in [3.63, 3.8) is 0 Å². The number of anilines is 1. The Hall–Kier alpha value is -3.19. The molecule has 0 unspecified atom stereocenters. The third-order valence-corrected chi connectivity index (χ3v) is 6.18. The Kier molecular flexibility index (Phi) is 4.13. The van der Waals surface area contributed by atoms with E-state index in [1.54, 1.807) is 0 Å². The maximum atomic E-state index is 13.1. The van der Waals surface area contributed by atoms with Crippen molar-refractivity contribution in [1.82, 2.24) is 10.3 Å². The molecule has 0 spiro atoms. The summed E-state index contributed by atoms with van der Waals surface area (Å²) >= 11 is 1.35. The van der Waals surface area contributed by atoms with E-state index in [1.165, 1.54) is 11.3 Å². The first-order valence-electron chi connectivity index (χ1n) is 9.44. The second-order valence-electron chi connectivity index (χ2n) is 7.54. The van der Waals surface area contributed by atoms with E-state index < -0.39 is 11.6 Å². The van der Waals surface area contributed by atoms with E-state index in [1.807, 2.05) is 66.9 Å². The first kappa shape index (κ1) is 17.9. The average Bonchev–Trinajstić information content (AvgIpc) is 3.16. The van der Waals surface area contributed by atoms with E-state index in [4.69, 9.17) is 4.74 Å². The molecule has 6 nitrogen and oxygen atoms in total. The van der Waals surface area contributed by atoms with Gasteiger partial charge in [-0.2, -0.15) is 0 Å². The number of thiazole rings is 1. The number of carbonyl (C=O) groups excluding carboxylic acids is 2. The number of hydrogen-bond donors (Lipinski definition) is 2. The van der Waals surface area contributed by atoms with Crippen LogP contribution >= 0.6 is 11.3 Å². The number of para-hydroxylation sites is 1. The van der Waals surface area contributed by atoms with E-state index in [0.717, 1.165) is 16.8 Å². The number of ether oxygens (including phenoxy) is 1. The molecular formula is C22H19N3O3S. The Balaban J connectivity index is 1.42. The zero-order chi connectivity index (χ0) is 20.0. The molecule has 0 radical (unpaired) electrons. The minimum atomic E-state index is -0.836. The van der Waals surface area contributed by atoms with Gasteiger partial charge in [0, 0.05) is 23.3 Å². The maximum Gasteiger partial charge on any atom is 0.239 e. The van der Waals surface area contributed by atoms with Crippen LogP contribution in [0.3, 0.4) is 0 Å². The quantitative estimate of drug-likeness (QED) is 0.650. The lowest BCUT2D eigenvalue weighted by Gasteiger charge is -2.46. The van der Waals surface area contributed by atoms with Gasteiger partial charge in [-0.3, -0.25) is 9.59 Å². The van der Waals surface area contributed by atoms with Crippen LogP contribution in [0.1, 0.15) is 24.8 Å². The molecule has 3 heterocycles. The molecule has 2 aliphatic rings. The fourth-order valence-corrected chi connectivity index (χ4v) is 4.87. The van der Waals surface area contributed by atoms with Gasteiger partial charge >= 0.3 is 0 Å². The zero-order valence-corrected chi connectivity index (χ0v) is 16.5. The summed E-state index contributed by atoms with van der Waals surface area (Å²) in [5.74, 6) is -1.04. The van der Waals surface area contributed by atoms with E-state index in [9.17, 15) is 9.59 Å². The molecule has 7 heteroatoms. The number of hydrogen-bond acceptors (Lipinski definition) is 5. The Labute approximate surface area is 171 Å². The van der Waals surface area contributed by atoms with Gasteiger partial charge in [0.2, 0.25) is 11.8 Å². The van der Waals surface area contributed by atoms with Gasteiger partial charge in [0.25, 0.3) is 0 Å². The fourth-order valence-electron chi connectivity index (χ4n) is 4.15. The highest BCUT2D eigenvalue weighted by molar-refractivity contribution is 7.14. The SMILES string of the molecule is C[C@@]12C[C@@H](c3ccccc3O1)[C@H](C(=O)Nc1nc(-c3ccccc3)cs1)C(=O)N2. The summed E-state index contributed by atoms with van der Waals surface area (Å²) < 4.78 is 5.99. The van der Waals surface area contributed by atoms with Crippen LogP contribution in [-0.2, 0) is 9.59 Å². The van der Waals surface area contributed by atoms with Gasteiger partial charge in [-0.25, -0.2) is 4.98 Å². The van der Waals surface area contributed by atoms with Gasteiger partial charge in [-0.1, -0.05) is 48.5 Å². The molecule has 1 fully saturated rings. The molecule has 3 atom stereocenters. The van der Waals surface area contributed by atoms with Crippen molar-refractivity contribution in [3.8, 4) is 17.0 Å². The molecule has 2 N–H and O–H groups in total. The topological polar surface area (TPSA) is 80.3 Å². The van der Waals surface area contributed by atoms with Crippen molar-refractivity contribution in [1.29, 1.82) is 0 Å². The minimum absolute atomic E-state index is 0.243. The molecule has 146 valence electrons. The molecule has 2 amide bonds. The second kappa shape index (κ2) is 6.70. The van der Waals surface area contributed by atoms with Crippen molar-refractivity contribution in [3.05, 3.63) is 65.5 Å². The van der Waals surface area contributed by atoms with E-state index in [0.29, 0.717) is 17.3 Å². The second-order valence-corrected chi connectivity index (χ2v) is 8.40. The summed E-state index contributed by atoms with van der Waals surface area (Å²) in [5.41, 5.74) is 1.87. The van der Waals surface area contributed by atoms with Crippen molar-refractivity contribution < 1.29 is 14.3 Å². The van der Waals surface area contributed by atoms with Crippen molar-refractivity contribution in [2.45, 2.75) is 25.0 Å². The van der Waals surface area contributed by atoms with Gasteiger partial charge < -0.3 is 15.4 Å². The van der Waals surface area contributed by atoms with Crippen LogP contribution in [0.2, 0.25) is 0 Å². The van der Waals surface area contributed by atoms with Crippen LogP contribution < -0.4 is 15.4 Å². The van der Waals surface area contributed by atoms with E-state index >= 15 is 0 Å². The molecule has 2 bridgehead atoms. The van der Waals surface area contributed by atoms with Crippen molar-refractivity contribution >= 4 is 28.3 Å². The number of piperidine rings is 1. The number of amides is 2. The lowest BCUT2D eigenvalue weighted by molar-refractivity contribution is -0.145. The normalized spacial score (nSPS) is 24.8. The zero-order valence-electron chi connectivity index (χ0n) is 15.7. The highest BCUT2D eigenvalue weighted by atomic mass is 32.1. The molecule has 3 aromatic rings. The Morgan fingerprint density at radius 1 is 1.21 bits per heavy atom. The summed E-state index contributed by atoms with van der Waals surface area (Å²) in [5, 5.41) is 8.10. The van der Waals surface area contributed by atoms with Crippen LogP contribution in [0.4, 0.5) is 5.13 Å². The number of fused-ring (bicyclic) bond motifs is 4. The number of aromatic nitrogens is 1. The number of nitrogens with one attached hydrogen (secondary N) is 2.